The van der Waals surface area contributed by atoms with Crippen molar-refractivity contribution in [1.29, 1.82) is 0 Å². The van der Waals surface area contributed by atoms with Crippen molar-refractivity contribution in [3.63, 3.8) is 0 Å². The monoisotopic (exact) mass is 406 g/mol. The SMILES string of the molecule is COc1ccc(Cc2cc([C@@H]3OC(=CCO)[C@@H](O)[C@H](O)[C@H]3O)ccc2Cl)cc1. The predicted octanol–water partition coefficient (Wildman–Crippen LogP) is 1.97. The van der Waals surface area contributed by atoms with Crippen molar-refractivity contribution in [2.75, 3.05) is 13.7 Å². The van der Waals surface area contributed by atoms with E-state index in [9.17, 15) is 15.3 Å². The van der Waals surface area contributed by atoms with Gasteiger partial charge in [0.15, 0.2) is 6.10 Å². The van der Waals surface area contributed by atoms with Gasteiger partial charge < -0.3 is 29.9 Å². The van der Waals surface area contributed by atoms with Crippen LogP contribution in [-0.4, -0.2) is 52.5 Å². The van der Waals surface area contributed by atoms with Crippen molar-refractivity contribution in [1.82, 2.24) is 0 Å². The molecule has 0 radical (unpaired) electrons. The van der Waals surface area contributed by atoms with Crippen LogP contribution < -0.4 is 4.74 Å². The van der Waals surface area contributed by atoms with E-state index in [0.717, 1.165) is 16.9 Å². The Kier molecular flexibility index (Phi) is 6.59. The van der Waals surface area contributed by atoms with E-state index in [1.165, 1.54) is 6.08 Å². The van der Waals surface area contributed by atoms with Crippen LogP contribution in [-0.2, 0) is 11.2 Å². The lowest BCUT2D eigenvalue weighted by molar-refractivity contribution is -0.158. The molecule has 0 aliphatic carbocycles. The summed E-state index contributed by atoms with van der Waals surface area (Å²) in [5.41, 5.74) is 2.46. The first-order valence-corrected chi connectivity index (χ1v) is 9.25. The van der Waals surface area contributed by atoms with Gasteiger partial charge in [-0.15, -0.1) is 0 Å². The summed E-state index contributed by atoms with van der Waals surface area (Å²) in [4.78, 5) is 0. The van der Waals surface area contributed by atoms with E-state index >= 15 is 0 Å². The van der Waals surface area contributed by atoms with Gasteiger partial charge in [-0.1, -0.05) is 35.9 Å². The average molecular weight is 407 g/mol. The molecule has 1 saturated heterocycles. The second-order valence-corrected chi connectivity index (χ2v) is 7.04. The molecular formula is C21H23ClO6. The summed E-state index contributed by atoms with van der Waals surface area (Å²) in [6.07, 6.45) is -3.24. The van der Waals surface area contributed by atoms with Crippen LogP contribution >= 0.6 is 11.6 Å². The van der Waals surface area contributed by atoms with Gasteiger partial charge in [-0.25, -0.2) is 0 Å². The molecule has 1 fully saturated rings. The Labute approximate surface area is 168 Å². The van der Waals surface area contributed by atoms with Crippen LogP contribution in [0.2, 0.25) is 5.02 Å². The summed E-state index contributed by atoms with van der Waals surface area (Å²) in [5, 5.41) is 40.2. The van der Waals surface area contributed by atoms with Crippen molar-refractivity contribution in [2.24, 2.45) is 0 Å². The summed E-state index contributed by atoms with van der Waals surface area (Å²) >= 11 is 6.35. The van der Waals surface area contributed by atoms with Gasteiger partial charge in [-0.2, -0.15) is 0 Å². The molecule has 0 spiro atoms. The number of hydrogen-bond donors (Lipinski definition) is 4. The first-order valence-electron chi connectivity index (χ1n) is 8.87. The third kappa shape index (κ3) is 4.32. The molecule has 0 unspecified atom stereocenters. The Hall–Kier alpha value is -2.09. The summed E-state index contributed by atoms with van der Waals surface area (Å²) in [6, 6.07) is 12.8. The quantitative estimate of drug-likeness (QED) is 0.606. The largest absolute Gasteiger partial charge is 0.497 e. The molecule has 6 nitrogen and oxygen atoms in total. The maximum Gasteiger partial charge on any atom is 0.152 e. The van der Waals surface area contributed by atoms with Gasteiger partial charge in [0.25, 0.3) is 0 Å². The van der Waals surface area contributed by atoms with Gasteiger partial charge in [0.1, 0.15) is 29.8 Å². The zero-order valence-electron chi connectivity index (χ0n) is 15.3. The molecule has 3 rings (SSSR count). The Morgan fingerprint density at radius 1 is 1.07 bits per heavy atom. The molecule has 2 aromatic carbocycles. The second-order valence-electron chi connectivity index (χ2n) is 6.63. The topological polar surface area (TPSA) is 99.4 Å². The Bertz CT molecular complexity index is 835. The molecule has 4 N–H and O–H groups in total. The molecule has 0 amide bonds. The molecule has 0 bridgehead atoms. The molecule has 1 aliphatic rings. The van der Waals surface area contributed by atoms with E-state index in [1.54, 1.807) is 25.3 Å². The van der Waals surface area contributed by atoms with E-state index in [2.05, 4.69) is 0 Å². The summed E-state index contributed by atoms with van der Waals surface area (Å²) < 4.78 is 10.8. The molecule has 2 aromatic rings. The van der Waals surface area contributed by atoms with Crippen LogP contribution in [0.1, 0.15) is 22.8 Å². The fourth-order valence-electron chi connectivity index (χ4n) is 3.21. The fraction of sp³-hybridized carbons (Fsp3) is 0.333. The first kappa shape index (κ1) is 20.6. The minimum atomic E-state index is -1.43. The van der Waals surface area contributed by atoms with Gasteiger partial charge in [0.2, 0.25) is 0 Å². The van der Waals surface area contributed by atoms with Crippen molar-refractivity contribution >= 4 is 11.6 Å². The van der Waals surface area contributed by atoms with E-state index < -0.39 is 24.4 Å². The maximum absolute atomic E-state index is 10.4. The van der Waals surface area contributed by atoms with Gasteiger partial charge in [-0.05, 0) is 47.4 Å². The van der Waals surface area contributed by atoms with Gasteiger partial charge in [0.05, 0.1) is 13.7 Å². The van der Waals surface area contributed by atoms with Crippen molar-refractivity contribution < 1.29 is 29.9 Å². The van der Waals surface area contributed by atoms with Gasteiger partial charge in [0, 0.05) is 5.02 Å². The van der Waals surface area contributed by atoms with Crippen molar-refractivity contribution in [2.45, 2.75) is 30.8 Å². The number of aliphatic hydroxyl groups is 4. The van der Waals surface area contributed by atoms with E-state index in [-0.39, 0.29) is 12.4 Å². The molecule has 0 saturated carbocycles. The average Bonchev–Trinajstić information content (AvgIpc) is 2.71. The van der Waals surface area contributed by atoms with E-state index in [4.69, 9.17) is 26.2 Å². The highest BCUT2D eigenvalue weighted by Crippen LogP contribution is 2.36. The van der Waals surface area contributed by atoms with Crippen LogP contribution in [0.4, 0.5) is 0 Å². The summed E-state index contributed by atoms with van der Waals surface area (Å²) in [7, 11) is 1.61. The Morgan fingerprint density at radius 2 is 1.79 bits per heavy atom. The number of hydrogen-bond acceptors (Lipinski definition) is 6. The van der Waals surface area contributed by atoms with Crippen LogP contribution in [0.5, 0.6) is 5.75 Å². The molecule has 150 valence electrons. The van der Waals surface area contributed by atoms with Crippen molar-refractivity contribution in [3.8, 4) is 5.75 Å². The maximum atomic E-state index is 10.4. The molecule has 7 heteroatoms. The van der Waals surface area contributed by atoms with Crippen molar-refractivity contribution in [3.05, 3.63) is 76.0 Å². The van der Waals surface area contributed by atoms with Gasteiger partial charge in [-0.3, -0.25) is 0 Å². The third-order valence-electron chi connectivity index (χ3n) is 4.78. The number of aliphatic hydroxyl groups excluding tert-OH is 4. The first-order chi connectivity index (χ1) is 13.4. The zero-order valence-corrected chi connectivity index (χ0v) is 16.1. The molecule has 1 aliphatic heterocycles. The number of ether oxygens (including phenoxy) is 2. The van der Waals surface area contributed by atoms with Gasteiger partial charge >= 0.3 is 0 Å². The van der Waals surface area contributed by atoms with E-state index in [1.807, 2.05) is 24.3 Å². The molecule has 1 heterocycles. The molecular weight excluding hydrogens is 384 g/mol. The normalized spacial score (nSPS) is 26.1. The summed E-state index contributed by atoms with van der Waals surface area (Å²) in [6.45, 7) is -0.356. The second kappa shape index (κ2) is 8.94. The molecule has 28 heavy (non-hydrogen) atoms. The lowest BCUT2D eigenvalue weighted by Crippen LogP contribution is -2.48. The molecule has 4 atom stereocenters. The smallest absolute Gasteiger partial charge is 0.152 e. The standard InChI is InChI=1S/C21H23ClO6/c1-27-15-5-2-12(3-6-15)10-14-11-13(4-7-16(14)22)21-20(26)19(25)18(24)17(28-21)8-9-23/h2-8,11,18-21,23-26H,9-10H2,1H3/t18-,19+,20-,21+/m1/s1. The highest BCUT2D eigenvalue weighted by molar-refractivity contribution is 6.31. The highest BCUT2D eigenvalue weighted by Gasteiger charge is 2.41. The Balaban J connectivity index is 1.88. The van der Waals surface area contributed by atoms with Crippen LogP contribution in [0.15, 0.2) is 54.3 Å². The minimum absolute atomic E-state index is 0.0250. The lowest BCUT2D eigenvalue weighted by Gasteiger charge is -2.37. The lowest BCUT2D eigenvalue weighted by atomic mass is 9.91. The van der Waals surface area contributed by atoms with Crippen LogP contribution in [0.3, 0.4) is 0 Å². The van der Waals surface area contributed by atoms with E-state index in [0.29, 0.717) is 17.0 Å². The fourth-order valence-corrected chi connectivity index (χ4v) is 3.40. The zero-order chi connectivity index (χ0) is 20.3. The van der Waals surface area contributed by atoms with Crippen LogP contribution in [0.25, 0.3) is 0 Å². The Morgan fingerprint density at radius 3 is 2.43 bits per heavy atom. The number of halogens is 1. The number of rotatable bonds is 5. The third-order valence-corrected chi connectivity index (χ3v) is 5.15. The minimum Gasteiger partial charge on any atom is -0.497 e. The van der Waals surface area contributed by atoms with Crippen LogP contribution in [0, 0.1) is 0 Å². The highest BCUT2D eigenvalue weighted by atomic mass is 35.5. The number of benzene rings is 2. The molecule has 0 aromatic heterocycles. The predicted molar refractivity (Wildman–Crippen MR) is 104 cm³/mol. The summed E-state index contributed by atoms with van der Waals surface area (Å²) in [5.74, 6) is 0.787. The number of methoxy groups -OCH3 is 1.